The van der Waals surface area contributed by atoms with Crippen LogP contribution in [0.25, 0.3) is 0 Å². The third kappa shape index (κ3) is 6.11. The Balaban J connectivity index is 2.07. The zero-order valence-electron chi connectivity index (χ0n) is 16.8. The van der Waals surface area contributed by atoms with E-state index in [1.807, 2.05) is 39.0 Å². The van der Waals surface area contributed by atoms with Gasteiger partial charge in [-0.15, -0.1) is 0 Å². The molecule has 1 aliphatic heterocycles. The van der Waals surface area contributed by atoms with E-state index in [-0.39, 0.29) is 5.92 Å². The molecule has 0 aromatic heterocycles. The van der Waals surface area contributed by atoms with E-state index in [0.29, 0.717) is 30.2 Å². The van der Waals surface area contributed by atoms with Gasteiger partial charge in [0.2, 0.25) is 0 Å². The van der Waals surface area contributed by atoms with Crippen molar-refractivity contribution in [1.29, 1.82) is 0 Å². The number of nitrogens with zero attached hydrogens (tertiary/aromatic N) is 1. The predicted octanol–water partition coefficient (Wildman–Crippen LogP) is 4.99. The first kappa shape index (κ1) is 23.0. The molecular weight excluding hydrogens is 493 g/mol. The van der Waals surface area contributed by atoms with E-state index in [1.165, 1.54) is 0 Å². The summed E-state index contributed by atoms with van der Waals surface area (Å²) in [5.74, 6) is -0.711. The molecule has 0 amide bonds. The molecule has 2 rings (SSSR count). The number of halogens is 2. The second-order valence-corrected chi connectivity index (χ2v) is 8.87. The van der Waals surface area contributed by atoms with Crippen molar-refractivity contribution in [3.8, 4) is 0 Å². The largest absolute Gasteiger partial charge is 0.463 e. The minimum atomic E-state index is -0.917. The molecule has 1 atom stereocenters. The lowest BCUT2D eigenvalue weighted by Gasteiger charge is -2.20. The van der Waals surface area contributed by atoms with Gasteiger partial charge in [-0.25, -0.2) is 9.59 Å². The first-order valence-corrected chi connectivity index (χ1v) is 11.0. The second-order valence-electron chi connectivity index (χ2n) is 7.27. The Morgan fingerprint density at radius 2 is 2.00 bits per heavy atom. The van der Waals surface area contributed by atoms with Crippen LogP contribution in [0.3, 0.4) is 0 Å². The highest BCUT2D eigenvalue weighted by molar-refractivity contribution is 14.1. The minimum absolute atomic E-state index is 0.235. The molecule has 0 saturated carbocycles. The fourth-order valence-corrected chi connectivity index (χ4v) is 3.87. The molecule has 0 radical (unpaired) electrons. The van der Waals surface area contributed by atoms with E-state index in [0.717, 1.165) is 27.8 Å². The lowest BCUT2D eigenvalue weighted by Crippen LogP contribution is -2.28. The molecule has 1 saturated heterocycles. The lowest BCUT2D eigenvalue weighted by molar-refractivity contribution is -0.165. The highest BCUT2D eigenvalue weighted by Crippen LogP contribution is 2.32. The van der Waals surface area contributed by atoms with Crippen LogP contribution in [-0.2, 0) is 19.1 Å². The van der Waals surface area contributed by atoms with E-state index < -0.39 is 18.0 Å². The Morgan fingerprint density at radius 1 is 1.29 bits per heavy atom. The summed E-state index contributed by atoms with van der Waals surface area (Å²) in [4.78, 5) is 26.8. The fraction of sp³-hybridized carbons (Fsp3) is 0.524. The van der Waals surface area contributed by atoms with E-state index >= 15 is 0 Å². The maximum Gasteiger partial charge on any atom is 0.347 e. The van der Waals surface area contributed by atoms with E-state index in [4.69, 9.17) is 21.1 Å². The number of benzene rings is 1. The van der Waals surface area contributed by atoms with Gasteiger partial charge in [0, 0.05) is 27.3 Å². The van der Waals surface area contributed by atoms with Crippen LogP contribution in [0.4, 0.5) is 5.69 Å². The maximum atomic E-state index is 12.6. The van der Waals surface area contributed by atoms with E-state index in [1.54, 1.807) is 6.92 Å². The van der Waals surface area contributed by atoms with Gasteiger partial charge in [-0.1, -0.05) is 32.4 Å². The average Bonchev–Trinajstić information content (AvgIpc) is 3.11. The van der Waals surface area contributed by atoms with Crippen LogP contribution in [0.1, 0.15) is 40.5 Å². The number of carbonyl (C=O) groups excluding carboxylic acids is 2. The Labute approximate surface area is 185 Å². The minimum Gasteiger partial charge on any atom is -0.463 e. The van der Waals surface area contributed by atoms with Crippen LogP contribution in [0.5, 0.6) is 0 Å². The van der Waals surface area contributed by atoms with Crippen molar-refractivity contribution < 1.29 is 19.1 Å². The molecule has 7 heteroatoms. The van der Waals surface area contributed by atoms with Gasteiger partial charge in [-0.2, -0.15) is 0 Å². The first-order valence-electron chi connectivity index (χ1n) is 9.51. The van der Waals surface area contributed by atoms with Crippen molar-refractivity contribution in [2.24, 2.45) is 5.92 Å². The monoisotopic (exact) mass is 519 g/mol. The Bertz CT molecular complexity index is 763. The van der Waals surface area contributed by atoms with Crippen LogP contribution < -0.4 is 4.90 Å². The molecule has 1 aromatic carbocycles. The molecule has 28 heavy (non-hydrogen) atoms. The highest BCUT2D eigenvalue weighted by Gasteiger charge is 2.27. The summed E-state index contributed by atoms with van der Waals surface area (Å²) in [6.45, 7) is 9.17. The first-order chi connectivity index (χ1) is 13.2. The van der Waals surface area contributed by atoms with Gasteiger partial charge < -0.3 is 14.4 Å². The van der Waals surface area contributed by atoms with E-state index in [9.17, 15) is 9.59 Å². The van der Waals surface area contributed by atoms with Gasteiger partial charge in [0.05, 0.1) is 12.3 Å². The average molecular weight is 520 g/mol. The molecule has 0 bridgehead atoms. The molecule has 1 heterocycles. The van der Waals surface area contributed by atoms with Crippen LogP contribution in [0.15, 0.2) is 29.3 Å². The van der Waals surface area contributed by atoms with Crippen molar-refractivity contribution in [2.45, 2.75) is 46.6 Å². The number of ether oxygens (including phenoxy) is 2. The van der Waals surface area contributed by atoms with Gasteiger partial charge in [0.1, 0.15) is 0 Å². The number of anilines is 1. The summed E-state index contributed by atoms with van der Waals surface area (Å²) in [6.07, 6.45) is 0.426. The summed E-state index contributed by atoms with van der Waals surface area (Å²) in [5.41, 5.74) is 2.76. The topological polar surface area (TPSA) is 55.8 Å². The van der Waals surface area contributed by atoms with Crippen molar-refractivity contribution in [3.63, 3.8) is 0 Å². The lowest BCUT2D eigenvalue weighted by atomic mass is 10.1. The molecule has 1 aliphatic rings. The van der Waals surface area contributed by atoms with Crippen molar-refractivity contribution in [3.05, 3.63) is 37.9 Å². The van der Waals surface area contributed by atoms with Gasteiger partial charge in [0.15, 0.2) is 6.10 Å². The SMILES string of the molecule is CCC(C(=O)O[C@H](C)C(=O)OCC(C)C)=C1CCN(c2cc(Cl)ccc2I)C1. The maximum absolute atomic E-state index is 12.6. The normalized spacial score (nSPS) is 16.9. The Morgan fingerprint density at radius 3 is 2.64 bits per heavy atom. The molecule has 0 spiro atoms. The van der Waals surface area contributed by atoms with Crippen molar-refractivity contribution in [1.82, 2.24) is 0 Å². The molecule has 5 nitrogen and oxygen atoms in total. The number of rotatable bonds is 7. The number of hydrogen-bond donors (Lipinski definition) is 0. The van der Waals surface area contributed by atoms with Gasteiger partial charge >= 0.3 is 11.9 Å². The van der Waals surface area contributed by atoms with Crippen LogP contribution >= 0.6 is 34.2 Å². The summed E-state index contributed by atoms with van der Waals surface area (Å²) in [6, 6.07) is 5.80. The molecule has 0 N–H and O–H groups in total. The Kier molecular flexibility index (Phi) is 8.61. The number of carbonyl (C=O) groups is 2. The number of hydrogen-bond acceptors (Lipinski definition) is 5. The van der Waals surface area contributed by atoms with E-state index in [2.05, 4.69) is 27.5 Å². The highest BCUT2D eigenvalue weighted by atomic mass is 127. The van der Waals surface area contributed by atoms with Gasteiger partial charge in [-0.05, 0) is 72.0 Å². The Hall–Kier alpha value is -1.28. The zero-order valence-corrected chi connectivity index (χ0v) is 19.7. The predicted molar refractivity (Wildman–Crippen MR) is 120 cm³/mol. The molecule has 154 valence electrons. The summed E-state index contributed by atoms with van der Waals surface area (Å²) >= 11 is 8.43. The molecule has 1 aromatic rings. The van der Waals surface area contributed by atoms with Crippen LogP contribution in [0, 0.1) is 9.49 Å². The summed E-state index contributed by atoms with van der Waals surface area (Å²) in [5, 5.41) is 0.691. The van der Waals surface area contributed by atoms with Crippen molar-refractivity contribution in [2.75, 3.05) is 24.6 Å². The fourth-order valence-electron chi connectivity index (χ4n) is 3.02. The number of esters is 2. The second kappa shape index (κ2) is 10.5. The molecule has 0 unspecified atom stereocenters. The van der Waals surface area contributed by atoms with Crippen molar-refractivity contribution >= 4 is 51.8 Å². The van der Waals surface area contributed by atoms with Crippen LogP contribution in [-0.4, -0.2) is 37.7 Å². The third-order valence-electron chi connectivity index (χ3n) is 4.52. The standard InChI is InChI=1S/C21H27ClINO4/c1-5-17(21(26)28-14(4)20(25)27-12-13(2)3)15-8-9-24(11-15)19-10-16(22)6-7-18(19)23/h6-7,10,13-14H,5,8-9,11-12H2,1-4H3/t14-/m1/s1. The van der Waals surface area contributed by atoms with Gasteiger partial charge in [0.25, 0.3) is 0 Å². The summed E-state index contributed by atoms with van der Waals surface area (Å²) < 4.78 is 11.6. The van der Waals surface area contributed by atoms with Gasteiger partial charge in [-0.3, -0.25) is 0 Å². The zero-order chi connectivity index (χ0) is 20.8. The van der Waals surface area contributed by atoms with Crippen LogP contribution in [0.2, 0.25) is 5.02 Å². The summed E-state index contributed by atoms with van der Waals surface area (Å²) in [7, 11) is 0. The quantitative estimate of drug-likeness (QED) is 0.289. The molecular formula is C21H27ClINO4. The third-order valence-corrected chi connectivity index (χ3v) is 5.66. The molecule has 0 aliphatic carbocycles. The molecule has 1 fully saturated rings. The smallest absolute Gasteiger partial charge is 0.347 e.